The molecule has 0 radical (unpaired) electrons. The van der Waals surface area contributed by atoms with E-state index in [0.717, 1.165) is 37.6 Å². The van der Waals surface area contributed by atoms with Gasteiger partial charge in [-0.15, -0.1) is 0 Å². The Bertz CT molecular complexity index is 626. The van der Waals surface area contributed by atoms with Gasteiger partial charge < -0.3 is 15.5 Å². The van der Waals surface area contributed by atoms with Gasteiger partial charge in [-0.2, -0.15) is 5.10 Å². The van der Waals surface area contributed by atoms with Crippen molar-refractivity contribution in [3.63, 3.8) is 0 Å². The molecule has 0 saturated carbocycles. The molecule has 7 nitrogen and oxygen atoms in total. The summed E-state index contributed by atoms with van der Waals surface area (Å²) in [6.07, 6.45) is 1.90. The number of hydrogen-bond acceptors (Lipinski definition) is 3. The highest BCUT2D eigenvalue weighted by Crippen LogP contribution is 2.14. The van der Waals surface area contributed by atoms with Crippen LogP contribution in [0.15, 0.2) is 4.99 Å². The van der Waals surface area contributed by atoms with Gasteiger partial charge in [-0.05, 0) is 26.7 Å². The largest absolute Gasteiger partial charge is 0.354 e. The third-order valence-corrected chi connectivity index (χ3v) is 4.96. The summed E-state index contributed by atoms with van der Waals surface area (Å²) in [7, 11) is 3.75. The molecule has 7 heteroatoms. The smallest absolute Gasteiger partial charge is 0.225 e. The average Bonchev–Trinajstić information content (AvgIpc) is 2.83. The van der Waals surface area contributed by atoms with Gasteiger partial charge in [0.05, 0.1) is 5.69 Å². The van der Waals surface area contributed by atoms with Crippen molar-refractivity contribution in [2.45, 2.75) is 53.1 Å². The molecule has 0 bridgehead atoms. The molecule has 2 heterocycles. The number of aliphatic imine (C=N–C) groups is 1. The van der Waals surface area contributed by atoms with Gasteiger partial charge in [0.1, 0.15) is 0 Å². The van der Waals surface area contributed by atoms with Crippen molar-refractivity contribution in [3.05, 3.63) is 17.0 Å². The third kappa shape index (κ3) is 4.74. The molecule has 1 aliphatic rings. The fourth-order valence-corrected chi connectivity index (χ4v) is 3.24. The normalized spacial score (nSPS) is 16.4. The number of hydrogen-bond donors (Lipinski definition) is 2. The molecule has 0 atom stereocenters. The molecule has 1 fully saturated rings. The zero-order valence-electron chi connectivity index (χ0n) is 16.4. The van der Waals surface area contributed by atoms with Crippen molar-refractivity contribution in [1.82, 2.24) is 25.3 Å². The first kappa shape index (κ1) is 19.3. The quantitative estimate of drug-likeness (QED) is 0.636. The molecule has 1 aromatic heterocycles. The highest BCUT2D eigenvalue weighted by atomic mass is 16.2. The predicted octanol–water partition coefficient (Wildman–Crippen LogP) is 1.35. The third-order valence-electron chi connectivity index (χ3n) is 4.96. The molecule has 2 N–H and O–H groups in total. The van der Waals surface area contributed by atoms with Crippen molar-refractivity contribution in [2.75, 3.05) is 20.1 Å². The number of aromatic nitrogens is 2. The van der Waals surface area contributed by atoms with Crippen LogP contribution in [0.4, 0.5) is 0 Å². The van der Waals surface area contributed by atoms with Crippen LogP contribution in [0.2, 0.25) is 0 Å². The highest BCUT2D eigenvalue weighted by Gasteiger charge is 2.24. The van der Waals surface area contributed by atoms with Crippen molar-refractivity contribution >= 4 is 11.9 Å². The van der Waals surface area contributed by atoms with E-state index in [1.165, 1.54) is 11.3 Å². The van der Waals surface area contributed by atoms with E-state index < -0.39 is 0 Å². The maximum atomic E-state index is 12.1. The van der Waals surface area contributed by atoms with Crippen molar-refractivity contribution in [2.24, 2.45) is 18.0 Å². The van der Waals surface area contributed by atoms with Crippen LogP contribution in [0, 0.1) is 19.8 Å². The maximum absolute atomic E-state index is 12.1. The number of piperidine rings is 1. The lowest BCUT2D eigenvalue weighted by Crippen LogP contribution is -2.50. The summed E-state index contributed by atoms with van der Waals surface area (Å²) in [4.78, 5) is 18.4. The zero-order valence-corrected chi connectivity index (χ0v) is 16.4. The molecule has 0 aliphatic carbocycles. The Kier molecular flexibility index (Phi) is 6.45. The topological polar surface area (TPSA) is 74.6 Å². The Balaban J connectivity index is 1.84. The molecular weight excluding hydrogens is 316 g/mol. The lowest BCUT2D eigenvalue weighted by atomic mass is 10.0. The number of likely N-dealkylation sites (tertiary alicyclic amines) is 1. The molecule has 1 aromatic rings. The van der Waals surface area contributed by atoms with Gasteiger partial charge in [-0.3, -0.25) is 14.5 Å². The summed E-state index contributed by atoms with van der Waals surface area (Å²) in [6.45, 7) is 10.4. The standard InChI is InChI=1S/C18H32N6O/c1-12(2)17(25)24-9-7-15(8-10-24)21-18(19-5)20-11-16-13(3)22-23(6)14(16)4/h12,15H,7-11H2,1-6H3,(H2,19,20,21). The van der Waals surface area contributed by atoms with Gasteiger partial charge in [-0.25, -0.2) is 0 Å². The van der Waals surface area contributed by atoms with E-state index in [-0.39, 0.29) is 11.8 Å². The minimum atomic E-state index is 0.0740. The summed E-state index contributed by atoms with van der Waals surface area (Å²) in [5, 5.41) is 11.3. The van der Waals surface area contributed by atoms with E-state index in [4.69, 9.17) is 0 Å². The molecule has 140 valence electrons. The second-order valence-electron chi connectivity index (χ2n) is 7.10. The Morgan fingerprint density at radius 2 is 1.96 bits per heavy atom. The Hall–Kier alpha value is -2.05. The lowest BCUT2D eigenvalue weighted by molar-refractivity contribution is -0.135. The van der Waals surface area contributed by atoms with Crippen LogP contribution < -0.4 is 10.6 Å². The number of aryl methyl sites for hydroxylation is 2. The number of amides is 1. The van der Waals surface area contributed by atoms with Crippen molar-refractivity contribution in [1.29, 1.82) is 0 Å². The Morgan fingerprint density at radius 1 is 1.32 bits per heavy atom. The van der Waals surface area contributed by atoms with E-state index in [1.807, 2.05) is 37.4 Å². The maximum Gasteiger partial charge on any atom is 0.225 e. The van der Waals surface area contributed by atoms with E-state index in [1.54, 1.807) is 7.05 Å². The first-order valence-corrected chi connectivity index (χ1v) is 9.08. The number of rotatable bonds is 4. The van der Waals surface area contributed by atoms with E-state index in [9.17, 15) is 4.79 Å². The number of guanidine groups is 1. The molecular formula is C18H32N6O. The first-order chi connectivity index (χ1) is 11.8. The summed E-state index contributed by atoms with van der Waals surface area (Å²) in [5.41, 5.74) is 3.42. The summed E-state index contributed by atoms with van der Waals surface area (Å²) >= 11 is 0. The van der Waals surface area contributed by atoms with Crippen LogP contribution in [-0.4, -0.2) is 52.7 Å². The SMILES string of the molecule is CN=C(NCc1c(C)nn(C)c1C)NC1CCN(C(=O)C(C)C)CC1. The Labute approximate surface area is 150 Å². The fraction of sp³-hybridized carbons (Fsp3) is 0.722. The van der Waals surface area contributed by atoms with Crippen LogP contribution in [0.1, 0.15) is 43.6 Å². The van der Waals surface area contributed by atoms with Crippen LogP contribution in [0.5, 0.6) is 0 Å². The van der Waals surface area contributed by atoms with E-state index >= 15 is 0 Å². The molecule has 1 saturated heterocycles. The molecule has 0 unspecified atom stereocenters. The van der Waals surface area contributed by atoms with Crippen molar-refractivity contribution < 1.29 is 4.79 Å². The van der Waals surface area contributed by atoms with E-state index in [0.29, 0.717) is 12.6 Å². The number of carbonyl (C=O) groups excluding carboxylic acids is 1. The predicted molar refractivity (Wildman–Crippen MR) is 100 cm³/mol. The summed E-state index contributed by atoms with van der Waals surface area (Å²) in [6, 6.07) is 0.346. The molecule has 25 heavy (non-hydrogen) atoms. The monoisotopic (exact) mass is 348 g/mol. The molecule has 0 spiro atoms. The van der Waals surface area contributed by atoms with Gasteiger partial charge in [0, 0.05) is 56.9 Å². The summed E-state index contributed by atoms with van der Waals surface area (Å²) in [5.74, 6) is 1.13. The van der Waals surface area contributed by atoms with Gasteiger partial charge >= 0.3 is 0 Å². The minimum absolute atomic E-state index is 0.0740. The second-order valence-corrected chi connectivity index (χ2v) is 7.10. The minimum Gasteiger partial charge on any atom is -0.354 e. The second kappa shape index (κ2) is 8.36. The highest BCUT2D eigenvalue weighted by molar-refractivity contribution is 5.80. The van der Waals surface area contributed by atoms with Crippen LogP contribution >= 0.6 is 0 Å². The van der Waals surface area contributed by atoms with Gasteiger partial charge in [0.25, 0.3) is 0 Å². The first-order valence-electron chi connectivity index (χ1n) is 9.08. The van der Waals surface area contributed by atoms with Crippen LogP contribution in [0.3, 0.4) is 0 Å². The van der Waals surface area contributed by atoms with Gasteiger partial charge in [-0.1, -0.05) is 13.8 Å². The molecule has 1 aliphatic heterocycles. The average molecular weight is 348 g/mol. The van der Waals surface area contributed by atoms with Gasteiger partial charge in [0.2, 0.25) is 5.91 Å². The Morgan fingerprint density at radius 3 is 2.44 bits per heavy atom. The van der Waals surface area contributed by atoms with Gasteiger partial charge in [0.15, 0.2) is 5.96 Å². The number of nitrogens with one attached hydrogen (secondary N) is 2. The summed E-state index contributed by atoms with van der Waals surface area (Å²) < 4.78 is 1.91. The number of nitrogens with zero attached hydrogens (tertiary/aromatic N) is 4. The molecule has 1 amide bonds. The van der Waals surface area contributed by atoms with E-state index in [2.05, 4.69) is 27.6 Å². The number of carbonyl (C=O) groups is 1. The van der Waals surface area contributed by atoms with Crippen LogP contribution in [-0.2, 0) is 18.4 Å². The van der Waals surface area contributed by atoms with Crippen molar-refractivity contribution in [3.8, 4) is 0 Å². The molecule has 2 rings (SSSR count). The molecule has 0 aromatic carbocycles. The fourth-order valence-electron chi connectivity index (χ4n) is 3.24. The van der Waals surface area contributed by atoms with Crippen LogP contribution in [0.25, 0.3) is 0 Å². The lowest BCUT2D eigenvalue weighted by Gasteiger charge is -2.34. The zero-order chi connectivity index (χ0) is 18.6.